The summed E-state index contributed by atoms with van der Waals surface area (Å²) in [6.07, 6.45) is 3.07. The lowest BCUT2D eigenvalue weighted by molar-refractivity contribution is 0.0942. The maximum atomic E-state index is 13.9. The number of carbonyl (C=O) groups is 1. The third-order valence-corrected chi connectivity index (χ3v) is 4.34. The number of aliphatic hydroxyl groups excluding tert-OH is 1. The molecule has 2 atom stereocenters. The van der Waals surface area contributed by atoms with Gasteiger partial charge >= 0.3 is 6.03 Å². The van der Waals surface area contributed by atoms with Gasteiger partial charge in [-0.25, -0.2) is 9.18 Å². The van der Waals surface area contributed by atoms with Crippen LogP contribution in [0.3, 0.4) is 0 Å². The van der Waals surface area contributed by atoms with Gasteiger partial charge in [0.2, 0.25) is 0 Å². The molecule has 0 aliphatic heterocycles. The zero-order valence-electron chi connectivity index (χ0n) is 13.2. The van der Waals surface area contributed by atoms with Crippen molar-refractivity contribution in [2.75, 3.05) is 6.54 Å². The minimum Gasteiger partial charge on any atom is -0.391 e. The summed E-state index contributed by atoms with van der Waals surface area (Å²) in [4.78, 5) is 12.0. The first-order valence-electron chi connectivity index (χ1n) is 7.87. The van der Waals surface area contributed by atoms with Gasteiger partial charge in [0, 0.05) is 12.0 Å². The molecule has 0 saturated heterocycles. The van der Waals surface area contributed by atoms with Gasteiger partial charge in [-0.3, -0.25) is 0 Å². The van der Waals surface area contributed by atoms with Crippen molar-refractivity contribution in [3.05, 3.63) is 35.6 Å². The molecule has 1 aromatic carbocycles. The second-order valence-corrected chi connectivity index (χ2v) is 6.65. The van der Waals surface area contributed by atoms with Crippen LogP contribution in [0.25, 0.3) is 0 Å². The number of hydrogen-bond acceptors (Lipinski definition) is 2. The van der Waals surface area contributed by atoms with Crippen LogP contribution in [0.5, 0.6) is 0 Å². The zero-order chi connectivity index (χ0) is 16.2. The van der Waals surface area contributed by atoms with Crippen LogP contribution in [0, 0.1) is 5.82 Å². The number of carbonyl (C=O) groups excluding carboxylic acids is 1. The third kappa shape index (κ3) is 4.19. The van der Waals surface area contributed by atoms with E-state index in [2.05, 4.69) is 10.6 Å². The minimum absolute atomic E-state index is 0.190. The standard InChI is InChI=1S/C17H25FN2O2/c1-17(2,12-7-3-4-8-13(12)18)11-19-16(22)20-14-9-5-6-10-15(14)21/h3-4,7-8,14-15,21H,5-6,9-11H2,1-2H3,(H2,19,20,22). The minimum atomic E-state index is -0.506. The molecule has 1 saturated carbocycles. The van der Waals surface area contributed by atoms with Crippen LogP contribution in [0.2, 0.25) is 0 Å². The van der Waals surface area contributed by atoms with Crippen LogP contribution in [-0.4, -0.2) is 29.8 Å². The van der Waals surface area contributed by atoms with Gasteiger partial charge in [-0.1, -0.05) is 44.9 Å². The highest BCUT2D eigenvalue weighted by atomic mass is 19.1. The van der Waals surface area contributed by atoms with Crippen molar-refractivity contribution < 1.29 is 14.3 Å². The molecule has 1 aliphatic carbocycles. The van der Waals surface area contributed by atoms with Gasteiger partial charge in [0.05, 0.1) is 12.1 Å². The van der Waals surface area contributed by atoms with Crippen LogP contribution in [-0.2, 0) is 5.41 Å². The molecule has 0 heterocycles. The Morgan fingerprint density at radius 2 is 2.00 bits per heavy atom. The van der Waals surface area contributed by atoms with Crippen molar-refractivity contribution in [2.24, 2.45) is 0 Å². The first kappa shape index (κ1) is 16.7. The van der Waals surface area contributed by atoms with Gasteiger partial charge in [-0.15, -0.1) is 0 Å². The predicted molar refractivity (Wildman–Crippen MR) is 84.2 cm³/mol. The Hall–Kier alpha value is -1.62. The average Bonchev–Trinajstić information content (AvgIpc) is 2.48. The molecule has 0 radical (unpaired) electrons. The lowest BCUT2D eigenvalue weighted by atomic mass is 9.84. The Morgan fingerprint density at radius 3 is 2.68 bits per heavy atom. The average molecular weight is 308 g/mol. The number of halogens is 1. The molecule has 22 heavy (non-hydrogen) atoms. The molecular formula is C17H25FN2O2. The van der Waals surface area contributed by atoms with Crippen LogP contribution in [0.4, 0.5) is 9.18 Å². The van der Waals surface area contributed by atoms with E-state index in [1.54, 1.807) is 18.2 Å². The number of urea groups is 1. The molecule has 2 amide bonds. The van der Waals surface area contributed by atoms with Gasteiger partial charge < -0.3 is 15.7 Å². The summed E-state index contributed by atoms with van der Waals surface area (Å²) in [5.41, 5.74) is 0.0708. The Kier molecular flexibility index (Phi) is 5.40. The quantitative estimate of drug-likeness (QED) is 0.801. The van der Waals surface area contributed by atoms with E-state index in [0.717, 1.165) is 25.7 Å². The van der Waals surface area contributed by atoms with E-state index < -0.39 is 11.5 Å². The van der Waals surface area contributed by atoms with Crippen molar-refractivity contribution in [2.45, 2.75) is 57.1 Å². The number of nitrogens with one attached hydrogen (secondary N) is 2. The largest absolute Gasteiger partial charge is 0.391 e. The lowest BCUT2D eigenvalue weighted by Crippen LogP contribution is -2.50. The van der Waals surface area contributed by atoms with E-state index in [4.69, 9.17) is 0 Å². The van der Waals surface area contributed by atoms with Crippen LogP contribution in [0.15, 0.2) is 24.3 Å². The fourth-order valence-electron chi connectivity index (χ4n) is 2.91. The van der Waals surface area contributed by atoms with Gasteiger partial charge in [0.15, 0.2) is 0 Å². The Labute approximate surface area is 131 Å². The Morgan fingerprint density at radius 1 is 1.32 bits per heavy atom. The SMILES string of the molecule is CC(C)(CNC(=O)NC1CCCCC1O)c1ccccc1F. The maximum Gasteiger partial charge on any atom is 0.315 e. The Bertz CT molecular complexity index is 519. The summed E-state index contributed by atoms with van der Waals surface area (Å²) in [5.74, 6) is -0.266. The Balaban J connectivity index is 1.88. The van der Waals surface area contributed by atoms with E-state index >= 15 is 0 Å². The smallest absolute Gasteiger partial charge is 0.315 e. The van der Waals surface area contributed by atoms with Gasteiger partial charge in [0.1, 0.15) is 5.82 Å². The highest BCUT2D eigenvalue weighted by Crippen LogP contribution is 2.24. The first-order valence-corrected chi connectivity index (χ1v) is 7.87. The summed E-state index contributed by atoms with van der Waals surface area (Å²) < 4.78 is 13.9. The molecule has 4 nitrogen and oxygen atoms in total. The highest BCUT2D eigenvalue weighted by Gasteiger charge is 2.27. The van der Waals surface area contributed by atoms with E-state index in [-0.39, 0.29) is 17.9 Å². The predicted octanol–water partition coefficient (Wildman–Crippen LogP) is 2.71. The van der Waals surface area contributed by atoms with Crippen molar-refractivity contribution in [3.63, 3.8) is 0 Å². The van der Waals surface area contributed by atoms with E-state index in [0.29, 0.717) is 12.1 Å². The molecule has 2 unspecified atom stereocenters. The van der Waals surface area contributed by atoms with Gasteiger partial charge in [-0.05, 0) is 24.5 Å². The summed E-state index contributed by atoms with van der Waals surface area (Å²) in [6.45, 7) is 4.10. The summed E-state index contributed by atoms with van der Waals surface area (Å²) in [5, 5.41) is 15.5. The second kappa shape index (κ2) is 7.09. The lowest BCUT2D eigenvalue weighted by Gasteiger charge is -2.30. The molecule has 0 bridgehead atoms. The molecule has 2 rings (SSSR count). The zero-order valence-corrected chi connectivity index (χ0v) is 13.2. The van der Waals surface area contributed by atoms with Crippen LogP contribution in [0.1, 0.15) is 45.1 Å². The number of aliphatic hydroxyl groups is 1. The number of hydrogen-bond donors (Lipinski definition) is 3. The number of amides is 2. The molecule has 0 spiro atoms. The molecule has 5 heteroatoms. The molecule has 0 aromatic heterocycles. The number of benzene rings is 1. The van der Waals surface area contributed by atoms with Crippen LogP contribution >= 0.6 is 0 Å². The van der Waals surface area contributed by atoms with Gasteiger partial charge in [-0.2, -0.15) is 0 Å². The topological polar surface area (TPSA) is 61.4 Å². The van der Waals surface area contributed by atoms with E-state index in [1.807, 2.05) is 13.8 Å². The third-order valence-electron chi connectivity index (χ3n) is 4.34. The monoisotopic (exact) mass is 308 g/mol. The molecule has 122 valence electrons. The summed E-state index contributed by atoms with van der Waals surface area (Å²) >= 11 is 0. The summed E-state index contributed by atoms with van der Waals surface area (Å²) in [7, 11) is 0. The summed E-state index contributed by atoms with van der Waals surface area (Å²) in [6, 6.07) is 6.11. The molecule has 1 aliphatic rings. The highest BCUT2D eigenvalue weighted by molar-refractivity contribution is 5.74. The van der Waals surface area contributed by atoms with Gasteiger partial charge in [0.25, 0.3) is 0 Å². The molecule has 1 aromatic rings. The molecule has 3 N–H and O–H groups in total. The normalized spacial score (nSPS) is 22.2. The first-order chi connectivity index (χ1) is 10.4. The number of rotatable bonds is 4. The van der Waals surface area contributed by atoms with Crippen LogP contribution < -0.4 is 10.6 Å². The fraction of sp³-hybridized carbons (Fsp3) is 0.588. The maximum absolute atomic E-state index is 13.9. The molecular weight excluding hydrogens is 283 g/mol. The van der Waals surface area contributed by atoms with Crippen molar-refractivity contribution in [3.8, 4) is 0 Å². The van der Waals surface area contributed by atoms with E-state index in [9.17, 15) is 14.3 Å². The second-order valence-electron chi connectivity index (χ2n) is 6.65. The fourth-order valence-corrected chi connectivity index (χ4v) is 2.91. The van der Waals surface area contributed by atoms with Crippen molar-refractivity contribution >= 4 is 6.03 Å². The van der Waals surface area contributed by atoms with E-state index in [1.165, 1.54) is 6.07 Å². The van der Waals surface area contributed by atoms with Crippen molar-refractivity contribution in [1.82, 2.24) is 10.6 Å². The van der Waals surface area contributed by atoms with Crippen molar-refractivity contribution in [1.29, 1.82) is 0 Å². The molecule has 1 fully saturated rings.